The van der Waals surface area contributed by atoms with Crippen molar-refractivity contribution in [3.05, 3.63) is 95.1 Å². The van der Waals surface area contributed by atoms with E-state index in [0.717, 1.165) is 37.6 Å². The van der Waals surface area contributed by atoms with Gasteiger partial charge in [0.25, 0.3) is 11.8 Å². The van der Waals surface area contributed by atoms with Crippen molar-refractivity contribution in [3.63, 3.8) is 0 Å². The lowest BCUT2D eigenvalue weighted by Crippen LogP contribution is -2.39. The van der Waals surface area contributed by atoms with E-state index >= 15 is 0 Å². The summed E-state index contributed by atoms with van der Waals surface area (Å²) in [5, 5.41) is 12.4. The molecule has 0 atom stereocenters. The average molecular weight is 427 g/mol. The standard InChI is InChI=1S/C26H26N4O2/c31-25(29-23-9-5-17(6-10-23)21-13-27-14-21)19-1-2-20(4-3-19)26(32)30-24-11-7-18(8-12-24)22-15-28-16-22/h1-12,21-22,27-28H,13-16H2,(H,29,31)(H,30,32). The number of carbonyl (C=O) groups is 2. The van der Waals surface area contributed by atoms with Crippen molar-refractivity contribution >= 4 is 23.2 Å². The molecule has 0 aliphatic carbocycles. The summed E-state index contributed by atoms with van der Waals surface area (Å²) < 4.78 is 0. The first-order valence-corrected chi connectivity index (χ1v) is 11.0. The maximum absolute atomic E-state index is 12.6. The minimum Gasteiger partial charge on any atom is -0.322 e. The Kier molecular flexibility index (Phi) is 5.71. The van der Waals surface area contributed by atoms with Crippen LogP contribution in [0.3, 0.4) is 0 Å². The Morgan fingerprint density at radius 2 is 0.906 bits per heavy atom. The van der Waals surface area contributed by atoms with E-state index in [1.165, 1.54) is 11.1 Å². The van der Waals surface area contributed by atoms with Crippen LogP contribution < -0.4 is 21.3 Å². The van der Waals surface area contributed by atoms with Crippen LogP contribution in [0.5, 0.6) is 0 Å². The van der Waals surface area contributed by atoms with Gasteiger partial charge in [0.1, 0.15) is 0 Å². The third-order valence-corrected chi connectivity index (χ3v) is 6.25. The van der Waals surface area contributed by atoms with Crippen LogP contribution in [0.15, 0.2) is 72.8 Å². The third kappa shape index (κ3) is 4.42. The van der Waals surface area contributed by atoms with Gasteiger partial charge in [0.2, 0.25) is 0 Å². The topological polar surface area (TPSA) is 82.3 Å². The van der Waals surface area contributed by atoms with Crippen molar-refractivity contribution in [2.24, 2.45) is 0 Å². The van der Waals surface area contributed by atoms with E-state index in [1.54, 1.807) is 24.3 Å². The molecule has 5 rings (SSSR count). The normalized spacial score (nSPS) is 16.0. The highest BCUT2D eigenvalue weighted by Crippen LogP contribution is 2.23. The van der Waals surface area contributed by atoms with Crippen LogP contribution in [0.2, 0.25) is 0 Å². The maximum Gasteiger partial charge on any atom is 0.255 e. The fraction of sp³-hybridized carbons (Fsp3) is 0.231. The van der Waals surface area contributed by atoms with Crippen LogP contribution in [0.25, 0.3) is 0 Å². The number of amides is 2. The number of anilines is 2. The lowest BCUT2D eigenvalue weighted by molar-refractivity contribution is 0.101. The molecule has 0 saturated carbocycles. The van der Waals surface area contributed by atoms with Crippen LogP contribution in [-0.2, 0) is 0 Å². The molecule has 0 radical (unpaired) electrons. The van der Waals surface area contributed by atoms with Crippen molar-refractivity contribution in [2.75, 3.05) is 36.8 Å². The van der Waals surface area contributed by atoms with Gasteiger partial charge in [-0.1, -0.05) is 24.3 Å². The van der Waals surface area contributed by atoms with Gasteiger partial charge in [0.05, 0.1) is 0 Å². The maximum atomic E-state index is 12.6. The molecule has 2 fully saturated rings. The van der Waals surface area contributed by atoms with Gasteiger partial charge in [-0.25, -0.2) is 0 Å². The summed E-state index contributed by atoms with van der Waals surface area (Å²) >= 11 is 0. The molecule has 3 aromatic rings. The molecule has 0 spiro atoms. The molecule has 2 heterocycles. The van der Waals surface area contributed by atoms with Crippen LogP contribution in [0.1, 0.15) is 43.7 Å². The van der Waals surface area contributed by atoms with E-state index < -0.39 is 0 Å². The summed E-state index contributed by atoms with van der Waals surface area (Å²) in [5.74, 6) is 0.736. The van der Waals surface area contributed by atoms with Crippen molar-refractivity contribution in [3.8, 4) is 0 Å². The molecule has 3 aromatic carbocycles. The van der Waals surface area contributed by atoms with E-state index in [1.807, 2.05) is 24.3 Å². The van der Waals surface area contributed by atoms with Crippen molar-refractivity contribution in [1.29, 1.82) is 0 Å². The second-order valence-corrected chi connectivity index (χ2v) is 8.44. The van der Waals surface area contributed by atoms with Crippen LogP contribution >= 0.6 is 0 Å². The zero-order valence-corrected chi connectivity index (χ0v) is 17.7. The molecule has 6 nitrogen and oxygen atoms in total. The van der Waals surface area contributed by atoms with Crippen LogP contribution in [0.4, 0.5) is 11.4 Å². The molecular weight excluding hydrogens is 400 g/mol. The average Bonchev–Trinajstić information content (AvgIpc) is 2.74. The monoisotopic (exact) mass is 426 g/mol. The Hall–Kier alpha value is -3.48. The summed E-state index contributed by atoms with van der Waals surface area (Å²) in [6.45, 7) is 4.04. The number of rotatable bonds is 6. The second kappa shape index (κ2) is 8.94. The van der Waals surface area contributed by atoms with Crippen LogP contribution in [-0.4, -0.2) is 38.0 Å². The van der Waals surface area contributed by atoms with E-state index in [-0.39, 0.29) is 11.8 Å². The number of nitrogens with one attached hydrogen (secondary N) is 4. The lowest BCUT2D eigenvalue weighted by Gasteiger charge is -2.27. The molecule has 2 aliphatic rings. The molecule has 6 heteroatoms. The van der Waals surface area contributed by atoms with Gasteiger partial charge in [-0.3, -0.25) is 9.59 Å². The summed E-state index contributed by atoms with van der Waals surface area (Å²) in [4.78, 5) is 25.1. The molecule has 2 amide bonds. The fourth-order valence-electron chi connectivity index (χ4n) is 3.91. The smallest absolute Gasteiger partial charge is 0.255 e. The Bertz CT molecular complexity index is 1010. The Morgan fingerprint density at radius 3 is 1.19 bits per heavy atom. The SMILES string of the molecule is O=C(Nc1ccc(C2CNC2)cc1)c1ccc(C(=O)Nc2ccc(C3CNC3)cc2)cc1. The van der Waals surface area contributed by atoms with Gasteiger partial charge in [-0.15, -0.1) is 0 Å². The zero-order chi connectivity index (χ0) is 21.9. The Balaban J connectivity index is 1.17. The van der Waals surface area contributed by atoms with Gasteiger partial charge in [-0.2, -0.15) is 0 Å². The summed E-state index contributed by atoms with van der Waals surface area (Å²) in [6.07, 6.45) is 0. The molecular formula is C26H26N4O2. The first-order valence-electron chi connectivity index (χ1n) is 11.0. The fourth-order valence-corrected chi connectivity index (χ4v) is 3.91. The predicted molar refractivity (Wildman–Crippen MR) is 126 cm³/mol. The Morgan fingerprint density at radius 1 is 0.562 bits per heavy atom. The molecule has 2 aliphatic heterocycles. The van der Waals surface area contributed by atoms with Crippen LogP contribution in [0, 0.1) is 0 Å². The predicted octanol–water partition coefficient (Wildman–Crippen LogP) is 3.56. The third-order valence-electron chi connectivity index (χ3n) is 6.25. The highest BCUT2D eigenvalue weighted by atomic mass is 16.2. The van der Waals surface area contributed by atoms with E-state index in [2.05, 4.69) is 45.5 Å². The zero-order valence-electron chi connectivity index (χ0n) is 17.7. The quantitative estimate of drug-likeness (QED) is 0.486. The molecule has 32 heavy (non-hydrogen) atoms. The van der Waals surface area contributed by atoms with Gasteiger partial charge in [0, 0.05) is 60.5 Å². The van der Waals surface area contributed by atoms with Crippen molar-refractivity contribution < 1.29 is 9.59 Å². The largest absolute Gasteiger partial charge is 0.322 e. The van der Waals surface area contributed by atoms with E-state index in [0.29, 0.717) is 23.0 Å². The highest BCUT2D eigenvalue weighted by molar-refractivity contribution is 6.07. The van der Waals surface area contributed by atoms with Gasteiger partial charge in [0.15, 0.2) is 0 Å². The van der Waals surface area contributed by atoms with E-state index in [4.69, 9.17) is 0 Å². The van der Waals surface area contributed by atoms with Crippen molar-refractivity contribution in [1.82, 2.24) is 10.6 Å². The first kappa shape index (κ1) is 20.4. The number of hydrogen-bond donors (Lipinski definition) is 4. The molecule has 162 valence electrons. The van der Waals surface area contributed by atoms with Gasteiger partial charge >= 0.3 is 0 Å². The van der Waals surface area contributed by atoms with Crippen molar-refractivity contribution in [2.45, 2.75) is 11.8 Å². The number of benzene rings is 3. The molecule has 0 bridgehead atoms. The van der Waals surface area contributed by atoms with E-state index in [9.17, 15) is 9.59 Å². The first-order chi connectivity index (χ1) is 15.7. The number of carbonyl (C=O) groups excluding carboxylic acids is 2. The molecule has 4 N–H and O–H groups in total. The molecule has 0 unspecified atom stereocenters. The van der Waals surface area contributed by atoms with Gasteiger partial charge in [-0.05, 0) is 59.7 Å². The summed E-state index contributed by atoms with van der Waals surface area (Å²) in [5.41, 5.74) is 5.10. The second-order valence-electron chi connectivity index (χ2n) is 8.44. The Labute approximate surface area is 187 Å². The minimum absolute atomic E-state index is 0.198. The minimum atomic E-state index is -0.198. The molecule has 2 saturated heterocycles. The summed E-state index contributed by atoms with van der Waals surface area (Å²) in [6, 6.07) is 22.6. The number of hydrogen-bond acceptors (Lipinski definition) is 4. The molecule has 0 aromatic heterocycles. The highest BCUT2D eigenvalue weighted by Gasteiger charge is 2.19. The van der Waals surface area contributed by atoms with Gasteiger partial charge < -0.3 is 21.3 Å². The summed E-state index contributed by atoms with van der Waals surface area (Å²) in [7, 11) is 0. The lowest BCUT2D eigenvalue weighted by atomic mass is 9.94.